The Balaban J connectivity index is 1.79. The topological polar surface area (TPSA) is 72.7 Å². The molecular formula is C16H21N5O. The number of rotatable bonds is 4. The summed E-state index contributed by atoms with van der Waals surface area (Å²) >= 11 is 0. The van der Waals surface area contributed by atoms with Gasteiger partial charge in [0.25, 0.3) is 5.91 Å². The Morgan fingerprint density at radius 2 is 2.27 bits per heavy atom. The fraction of sp³-hybridized carbons (Fsp3) is 0.500. The van der Waals surface area contributed by atoms with Gasteiger partial charge in [0.05, 0.1) is 11.7 Å². The van der Waals surface area contributed by atoms with Crippen molar-refractivity contribution >= 4 is 5.91 Å². The van der Waals surface area contributed by atoms with Crippen LogP contribution in [-0.4, -0.2) is 25.7 Å². The summed E-state index contributed by atoms with van der Waals surface area (Å²) in [4.78, 5) is 16.9. The van der Waals surface area contributed by atoms with Crippen LogP contribution in [0.5, 0.6) is 0 Å². The van der Waals surface area contributed by atoms with E-state index in [2.05, 4.69) is 20.5 Å². The number of fused-ring (bicyclic) bond motifs is 1. The van der Waals surface area contributed by atoms with Crippen molar-refractivity contribution in [2.24, 2.45) is 0 Å². The molecule has 2 aromatic rings. The summed E-state index contributed by atoms with van der Waals surface area (Å²) in [6.45, 7) is 4.88. The van der Waals surface area contributed by atoms with Gasteiger partial charge in [-0.25, -0.2) is 0 Å². The summed E-state index contributed by atoms with van der Waals surface area (Å²) in [5.74, 6) is 1.16. The highest BCUT2D eigenvalue weighted by Crippen LogP contribution is 2.18. The Bertz CT molecular complexity index is 679. The van der Waals surface area contributed by atoms with E-state index >= 15 is 0 Å². The van der Waals surface area contributed by atoms with E-state index in [0.717, 1.165) is 49.3 Å². The molecule has 0 aromatic carbocycles. The Morgan fingerprint density at radius 3 is 3.05 bits per heavy atom. The Kier molecular flexibility index (Phi) is 4.18. The van der Waals surface area contributed by atoms with Crippen molar-refractivity contribution in [2.75, 3.05) is 0 Å². The summed E-state index contributed by atoms with van der Waals surface area (Å²) in [5.41, 5.74) is 2.02. The number of pyridine rings is 1. The van der Waals surface area contributed by atoms with E-state index in [1.807, 2.05) is 30.5 Å². The highest BCUT2D eigenvalue weighted by atomic mass is 16.2. The van der Waals surface area contributed by atoms with Crippen molar-refractivity contribution < 1.29 is 4.79 Å². The molecule has 1 aliphatic rings. The van der Waals surface area contributed by atoms with Crippen LogP contribution in [0.15, 0.2) is 18.3 Å². The zero-order chi connectivity index (χ0) is 15.5. The maximum Gasteiger partial charge on any atom is 0.289 e. The molecule has 3 heterocycles. The molecule has 6 heteroatoms. The molecule has 116 valence electrons. The zero-order valence-corrected chi connectivity index (χ0v) is 13.0. The molecule has 1 atom stereocenters. The summed E-state index contributed by atoms with van der Waals surface area (Å²) in [7, 11) is 0. The first-order chi connectivity index (χ1) is 10.7. The van der Waals surface area contributed by atoms with Crippen molar-refractivity contribution in [3.8, 4) is 0 Å². The third-order valence-corrected chi connectivity index (χ3v) is 4.07. The second-order valence-electron chi connectivity index (χ2n) is 5.74. The molecule has 3 rings (SSSR count). The van der Waals surface area contributed by atoms with Gasteiger partial charge in [0.15, 0.2) is 0 Å². The monoisotopic (exact) mass is 299 g/mol. The molecule has 0 radical (unpaired) electrons. The second kappa shape index (κ2) is 6.25. The summed E-state index contributed by atoms with van der Waals surface area (Å²) in [5, 5.41) is 11.2. The van der Waals surface area contributed by atoms with Gasteiger partial charge in [0, 0.05) is 19.2 Å². The van der Waals surface area contributed by atoms with Crippen molar-refractivity contribution in [1.29, 1.82) is 0 Å². The Labute approximate surface area is 130 Å². The highest BCUT2D eigenvalue weighted by Gasteiger charge is 2.23. The summed E-state index contributed by atoms with van der Waals surface area (Å²) < 4.78 is 1.94. The molecule has 0 fully saturated rings. The van der Waals surface area contributed by atoms with Gasteiger partial charge in [-0.05, 0) is 43.9 Å². The van der Waals surface area contributed by atoms with Gasteiger partial charge in [-0.2, -0.15) is 0 Å². The van der Waals surface area contributed by atoms with Crippen molar-refractivity contribution in [3.05, 3.63) is 41.2 Å². The number of carbonyl (C=O) groups is 1. The third-order valence-electron chi connectivity index (χ3n) is 4.07. The molecule has 6 nitrogen and oxygen atoms in total. The minimum Gasteiger partial charge on any atom is -0.341 e. The SMILES string of the molecule is CC[C@@H](NC(=O)c1nnc2n1CCCC2)c1cc(C)ccn1. The highest BCUT2D eigenvalue weighted by molar-refractivity contribution is 5.91. The van der Waals surface area contributed by atoms with Crippen molar-refractivity contribution in [1.82, 2.24) is 25.1 Å². The number of nitrogens with zero attached hydrogens (tertiary/aromatic N) is 4. The number of aryl methyl sites for hydroxylation is 2. The number of aromatic nitrogens is 4. The molecule has 1 N–H and O–H groups in total. The Hall–Kier alpha value is -2.24. The first-order valence-electron chi connectivity index (χ1n) is 7.84. The third kappa shape index (κ3) is 2.86. The number of hydrogen-bond acceptors (Lipinski definition) is 4. The maximum absolute atomic E-state index is 12.5. The van der Waals surface area contributed by atoms with E-state index in [0.29, 0.717) is 5.82 Å². The lowest BCUT2D eigenvalue weighted by atomic mass is 10.1. The van der Waals surface area contributed by atoms with Crippen molar-refractivity contribution in [3.63, 3.8) is 0 Å². The van der Waals surface area contributed by atoms with Gasteiger partial charge in [-0.1, -0.05) is 6.92 Å². The lowest BCUT2D eigenvalue weighted by molar-refractivity contribution is 0.0918. The zero-order valence-electron chi connectivity index (χ0n) is 13.0. The van der Waals surface area contributed by atoms with Gasteiger partial charge in [0.1, 0.15) is 5.82 Å². The first kappa shape index (κ1) is 14.7. The van der Waals surface area contributed by atoms with Crippen LogP contribution in [0.2, 0.25) is 0 Å². The fourth-order valence-corrected chi connectivity index (χ4v) is 2.83. The van der Waals surface area contributed by atoms with Gasteiger partial charge >= 0.3 is 0 Å². The van der Waals surface area contributed by atoms with Crippen LogP contribution in [-0.2, 0) is 13.0 Å². The predicted octanol–water partition coefficient (Wildman–Crippen LogP) is 2.20. The second-order valence-corrected chi connectivity index (χ2v) is 5.74. The smallest absolute Gasteiger partial charge is 0.289 e. The molecule has 0 aliphatic carbocycles. The molecule has 1 aliphatic heterocycles. The average Bonchev–Trinajstić information content (AvgIpc) is 2.96. The van der Waals surface area contributed by atoms with Crippen molar-refractivity contribution in [2.45, 2.75) is 52.1 Å². The normalized spacial score (nSPS) is 15.2. The van der Waals surface area contributed by atoms with E-state index in [1.54, 1.807) is 6.20 Å². The van der Waals surface area contributed by atoms with E-state index in [9.17, 15) is 4.79 Å². The van der Waals surface area contributed by atoms with Crippen LogP contribution in [0.4, 0.5) is 0 Å². The number of amides is 1. The van der Waals surface area contributed by atoms with E-state index < -0.39 is 0 Å². The van der Waals surface area contributed by atoms with Gasteiger partial charge in [-0.15, -0.1) is 10.2 Å². The maximum atomic E-state index is 12.5. The molecule has 0 spiro atoms. The van der Waals surface area contributed by atoms with E-state index in [4.69, 9.17) is 0 Å². The van der Waals surface area contributed by atoms with Crippen LogP contribution in [0.3, 0.4) is 0 Å². The molecule has 0 saturated carbocycles. The first-order valence-corrected chi connectivity index (χ1v) is 7.84. The molecule has 2 aromatic heterocycles. The van der Waals surface area contributed by atoms with E-state index in [-0.39, 0.29) is 11.9 Å². The van der Waals surface area contributed by atoms with Gasteiger partial charge in [0.2, 0.25) is 5.82 Å². The minimum atomic E-state index is -0.171. The lowest BCUT2D eigenvalue weighted by Crippen LogP contribution is -2.31. The van der Waals surface area contributed by atoms with Crippen LogP contribution < -0.4 is 5.32 Å². The fourth-order valence-electron chi connectivity index (χ4n) is 2.83. The number of nitrogens with one attached hydrogen (secondary N) is 1. The largest absolute Gasteiger partial charge is 0.341 e. The van der Waals surface area contributed by atoms with Crippen LogP contribution in [0, 0.1) is 6.92 Å². The molecule has 22 heavy (non-hydrogen) atoms. The van der Waals surface area contributed by atoms with Crippen LogP contribution in [0.25, 0.3) is 0 Å². The molecular weight excluding hydrogens is 278 g/mol. The molecule has 0 unspecified atom stereocenters. The standard InChI is InChI=1S/C16H21N5O/c1-3-12(13-10-11(2)7-8-17-13)18-16(22)15-20-19-14-6-4-5-9-21(14)15/h7-8,10,12H,3-6,9H2,1-2H3,(H,18,22)/t12-/m1/s1. The molecule has 0 saturated heterocycles. The lowest BCUT2D eigenvalue weighted by Gasteiger charge is -2.18. The number of carbonyl (C=O) groups excluding carboxylic acids is 1. The summed E-state index contributed by atoms with van der Waals surface area (Å²) in [6, 6.07) is 3.85. The average molecular weight is 299 g/mol. The number of hydrogen-bond donors (Lipinski definition) is 1. The minimum absolute atomic E-state index is 0.107. The summed E-state index contributed by atoms with van der Waals surface area (Å²) in [6.07, 6.45) is 5.64. The van der Waals surface area contributed by atoms with Gasteiger partial charge < -0.3 is 9.88 Å². The molecule has 0 bridgehead atoms. The quantitative estimate of drug-likeness (QED) is 0.939. The van der Waals surface area contributed by atoms with E-state index in [1.165, 1.54) is 0 Å². The Morgan fingerprint density at radius 1 is 1.41 bits per heavy atom. The van der Waals surface area contributed by atoms with Crippen LogP contribution >= 0.6 is 0 Å². The molecule has 1 amide bonds. The predicted molar refractivity (Wildman–Crippen MR) is 82.4 cm³/mol. The van der Waals surface area contributed by atoms with Gasteiger partial charge in [-0.3, -0.25) is 9.78 Å². The van der Waals surface area contributed by atoms with Crippen LogP contribution in [0.1, 0.15) is 59.9 Å².